The molecule has 0 fully saturated rings. The summed E-state index contributed by atoms with van der Waals surface area (Å²) in [6.07, 6.45) is 6.06. The molecule has 7 nitrogen and oxygen atoms in total. The van der Waals surface area contributed by atoms with Gasteiger partial charge in [-0.15, -0.1) is 6.42 Å². The lowest BCUT2D eigenvalue weighted by Crippen LogP contribution is -2.56. The van der Waals surface area contributed by atoms with Gasteiger partial charge >= 0.3 is 6.09 Å². The number of nitrogens with zero attached hydrogens (tertiary/aromatic N) is 1. The number of alkyl carbamates (subject to hydrolysis) is 1. The predicted octanol–water partition coefficient (Wildman–Crippen LogP) is 6.88. The molecule has 0 saturated carbocycles. The Hall–Kier alpha value is -3.50. The number of halogens is 1. The van der Waals surface area contributed by atoms with E-state index in [4.69, 9.17) is 22.8 Å². The largest absolute Gasteiger partial charge is 0.444 e. The van der Waals surface area contributed by atoms with Gasteiger partial charge in [-0.25, -0.2) is 4.79 Å². The smallest absolute Gasteiger partial charge is 0.408 e. The molecule has 0 spiro atoms. The number of hydrogen-bond acceptors (Lipinski definition) is 4. The van der Waals surface area contributed by atoms with Crippen LogP contribution < -0.4 is 10.6 Å². The number of rotatable bonds is 10. The van der Waals surface area contributed by atoms with Crippen LogP contribution in [0.5, 0.6) is 0 Å². The van der Waals surface area contributed by atoms with Gasteiger partial charge in [0.25, 0.3) is 5.91 Å². The van der Waals surface area contributed by atoms with E-state index in [-0.39, 0.29) is 17.9 Å². The van der Waals surface area contributed by atoms with E-state index in [9.17, 15) is 14.4 Å². The van der Waals surface area contributed by atoms with Crippen molar-refractivity contribution in [3.05, 3.63) is 64.2 Å². The normalized spacial score (nSPS) is 14.2. The molecule has 40 heavy (non-hydrogen) atoms. The molecule has 8 heteroatoms. The highest BCUT2D eigenvalue weighted by Gasteiger charge is 2.40. The second-order valence-corrected chi connectivity index (χ2v) is 11.5. The summed E-state index contributed by atoms with van der Waals surface area (Å²) in [6.45, 7) is 14.8. The summed E-state index contributed by atoms with van der Waals surface area (Å²) in [5.41, 5.74) is 1.75. The minimum Gasteiger partial charge on any atom is -0.444 e. The minimum atomic E-state index is -1.03. The molecule has 0 heterocycles. The number of amides is 3. The molecule has 0 radical (unpaired) electrons. The van der Waals surface area contributed by atoms with Crippen LogP contribution in [0.4, 0.5) is 10.5 Å². The fourth-order valence-electron chi connectivity index (χ4n) is 4.26. The van der Waals surface area contributed by atoms with Crippen LogP contribution in [0.25, 0.3) is 0 Å². The quantitative estimate of drug-likeness (QED) is 0.306. The van der Waals surface area contributed by atoms with Crippen molar-refractivity contribution >= 4 is 35.2 Å². The zero-order valence-corrected chi connectivity index (χ0v) is 25.6. The number of para-hydroxylation sites is 1. The first-order valence-electron chi connectivity index (χ1n) is 13.7. The molecule has 0 aliphatic carbocycles. The maximum absolute atomic E-state index is 14.4. The number of nitrogens with one attached hydrogen (secondary N) is 2. The fourth-order valence-corrected chi connectivity index (χ4v) is 4.52. The fraction of sp³-hybridized carbons (Fsp3) is 0.469. The first-order chi connectivity index (χ1) is 18.7. The summed E-state index contributed by atoms with van der Waals surface area (Å²) >= 11 is 6.44. The van der Waals surface area contributed by atoms with Crippen molar-refractivity contribution < 1.29 is 19.1 Å². The molecule has 0 saturated heterocycles. The Morgan fingerprint density at radius 3 is 2.17 bits per heavy atom. The van der Waals surface area contributed by atoms with Crippen molar-refractivity contribution in [2.24, 2.45) is 5.92 Å². The maximum Gasteiger partial charge on any atom is 0.408 e. The highest BCUT2D eigenvalue weighted by atomic mass is 35.5. The van der Waals surface area contributed by atoms with Gasteiger partial charge in [-0.1, -0.05) is 69.0 Å². The zero-order chi connectivity index (χ0) is 30.2. The monoisotopic (exact) mass is 567 g/mol. The van der Waals surface area contributed by atoms with Crippen molar-refractivity contribution in [2.45, 2.75) is 92.0 Å². The van der Waals surface area contributed by atoms with Crippen LogP contribution in [0.3, 0.4) is 0 Å². The van der Waals surface area contributed by atoms with E-state index in [0.717, 1.165) is 5.56 Å². The molecule has 4 unspecified atom stereocenters. The number of ether oxygens (including phenoxy) is 1. The third kappa shape index (κ3) is 8.50. The van der Waals surface area contributed by atoms with Crippen LogP contribution in [0.15, 0.2) is 42.5 Å². The van der Waals surface area contributed by atoms with Gasteiger partial charge in [0.05, 0.1) is 10.7 Å². The Kier molecular flexibility index (Phi) is 11.6. The number of benzene rings is 2. The van der Waals surface area contributed by atoms with Gasteiger partial charge < -0.3 is 20.3 Å². The number of carbonyl (C=O) groups excluding carboxylic acids is 3. The molecule has 0 bridgehead atoms. The van der Waals surface area contributed by atoms with Crippen LogP contribution in [-0.2, 0) is 14.3 Å². The summed E-state index contributed by atoms with van der Waals surface area (Å²) in [4.78, 5) is 42.8. The second-order valence-electron chi connectivity index (χ2n) is 11.1. The Labute approximate surface area is 244 Å². The molecule has 2 aromatic carbocycles. The summed E-state index contributed by atoms with van der Waals surface area (Å²) in [5.74, 6) is 1.54. The Bertz CT molecular complexity index is 1210. The van der Waals surface area contributed by atoms with Crippen molar-refractivity contribution in [3.63, 3.8) is 0 Å². The van der Waals surface area contributed by atoms with Crippen molar-refractivity contribution in [1.29, 1.82) is 0 Å². The third-order valence-corrected chi connectivity index (χ3v) is 7.18. The first-order valence-corrected chi connectivity index (χ1v) is 14.1. The number of anilines is 1. The van der Waals surface area contributed by atoms with Crippen LogP contribution in [0.2, 0.25) is 5.02 Å². The molecular formula is C32H42ClN3O4. The van der Waals surface area contributed by atoms with Gasteiger partial charge in [-0.2, -0.15) is 0 Å². The number of carbonyl (C=O) groups is 3. The van der Waals surface area contributed by atoms with Crippen LogP contribution in [-0.4, -0.2) is 40.5 Å². The predicted molar refractivity (Wildman–Crippen MR) is 161 cm³/mol. The highest BCUT2D eigenvalue weighted by molar-refractivity contribution is 6.34. The van der Waals surface area contributed by atoms with Crippen molar-refractivity contribution in [1.82, 2.24) is 10.2 Å². The van der Waals surface area contributed by atoms with Crippen molar-refractivity contribution in [2.75, 3.05) is 5.32 Å². The van der Waals surface area contributed by atoms with Crippen LogP contribution in [0.1, 0.15) is 84.0 Å². The average Bonchev–Trinajstić information content (AvgIpc) is 2.90. The van der Waals surface area contributed by atoms with E-state index >= 15 is 0 Å². The molecule has 2 N–H and O–H groups in total. The number of hydrogen-bond donors (Lipinski definition) is 2. The van der Waals surface area contributed by atoms with E-state index in [1.165, 1.54) is 0 Å². The van der Waals surface area contributed by atoms with Gasteiger partial charge in [0.15, 0.2) is 0 Å². The molecule has 2 rings (SSSR count). The molecule has 4 atom stereocenters. The Morgan fingerprint density at radius 1 is 1.05 bits per heavy atom. The first kappa shape index (κ1) is 32.7. The van der Waals surface area contributed by atoms with E-state index in [1.54, 1.807) is 62.1 Å². The van der Waals surface area contributed by atoms with E-state index in [1.807, 2.05) is 40.7 Å². The minimum absolute atomic E-state index is 0.232. The van der Waals surface area contributed by atoms with Gasteiger partial charge in [0.1, 0.15) is 17.7 Å². The maximum atomic E-state index is 14.4. The number of aryl methyl sites for hydroxylation is 1. The van der Waals surface area contributed by atoms with E-state index in [0.29, 0.717) is 34.7 Å². The lowest BCUT2D eigenvalue weighted by Gasteiger charge is -2.39. The van der Waals surface area contributed by atoms with Crippen molar-refractivity contribution in [3.8, 4) is 12.3 Å². The van der Waals surface area contributed by atoms with Gasteiger partial charge in [-0.3, -0.25) is 9.59 Å². The lowest BCUT2D eigenvalue weighted by molar-refractivity contribution is -0.144. The van der Waals surface area contributed by atoms with Crippen LogP contribution >= 0.6 is 11.6 Å². The SMILES string of the molecule is C#Cc1ccc(C(C(=O)Nc2c(C)cccc2Cl)N(C(=O)C(NC(=O)OC(C)(C)C)C(C)CC)C(C)CC)cc1. The van der Waals surface area contributed by atoms with E-state index < -0.39 is 29.7 Å². The topological polar surface area (TPSA) is 87.7 Å². The summed E-state index contributed by atoms with van der Waals surface area (Å²) in [7, 11) is 0. The van der Waals surface area contributed by atoms with E-state index in [2.05, 4.69) is 16.6 Å². The molecule has 2 aromatic rings. The number of terminal acetylenes is 1. The summed E-state index contributed by atoms with van der Waals surface area (Å²) < 4.78 is 5.47. The Balaban J connectivity index is 2.65. The molecule has 0 aromatic heterocycles. The average molecular weight is 568 g/mol. The molecular weight excluding hydrogens is 526 g/mol. The third-order valence-electron chi connectivity index (χ3n) is 6.86. The molecule has 0 aliphatic heterocycles. The second kappa shape index (κ2) is 14.2. The summed E-state index contributed by atoms with van der Waals surface area (Å²) in [6, 6.07) is 10.0. The lowest BCUT2D eigenvalue weighted by atomic mass is 9.94. The van der Waals surface area contributed by atoms with Crippen LogP contribution in [0, 0.1) is 25.2 Å². The zero-order valence-electron chi connectivity index (χ0n) is 24.8. The highest BCUT2D eigenvalue weighted by Crippen LogP contribution is 2.31. The molecule has 216 valence electrons. The van der Waals surface area contributed by atoms with Gasteiger partial charge in [0, 0.05) is 11.6 Å². The molecule has 0 aliphatic rings. The molecule has 3 amide bonds. The van der Waals surface area contributed by atoms with Gasteiger partial charge in [0.2, 0.25) is 5.91 Å². The van der Waals surface area contributed by atoms with Gasteiger partial charge in [-0.05, 0) is 76.3 Å². The Morgan fingerprint density at radius 2 is 1.68 bits per heavy atom. The summed E-state index contributed by atoms with van der Waals surface area (Å²) in [5, 5.41) is 6.13. The standard InChI is InChI=1S/C32H42ClN3O4/c1-10-20(4)27(35-31(39)40-32(7,8)9)30(38)36(22(6)11-2)28(24-18-16-23(12-3)17-19-24)29(37)34-26-21(5)14-13-15-25(26)33/h3,13-20,22,27-28H,10-11H2,1-2,4-9H3,(H,34,37)(H,35,39).